The highest BCUT2D eigenvalue weighted by atomic mass is 35.5. The summed E-state index contributed by atoms with van der Waals surface area (Å²) >= 11 is 5.82. The lowest BCUT2D eigenvalue weighted by molar-refractivity contribution is -0.00135. The molecule has 124 valence electrons. The van der Waals surface area contributed by atoms with E-state index in [0.717, 1.165) is 0 Å². The van der Waals surface area contributed by atoms with Crippen LogP contribution in [0.1, 0.15) is 11.8 Å². The Morgan fingerprint density at radius 2 is 2.17 bits per heavy atom. The van der Waals surface area contributed by atoms with Crippen LogP contribution in [0, 0.1) is 5.82 Å². The Morgan fingerprint density at radius 3 is 2.83 bits per heavy atom. The molecule has 1 unspecified atom stereocenters. The van der Waals surface area contributed by atoms with E-state index in [1.54, 1.807) is 6.07 Å². The molecule has 0 saturated heterocycles. The van der Waals surface area contributed by atoms with Gasteiger partial charge in [-0.25, -0.2) is 9.36 Å². The normalized spacial score (nSPS) is 12.2. The Labute approximate surface area is 134 Å². The van der Waals surface area contributed by atoms with Crippen molar-refractivity contribution in [3.05, 3.63) is 61.6 Å². The number of aliphatic hydroxyl groups excluding tert-OH is 1. The number of methoxy groups -OCH3 is 1. The summed E-state index contributed by atoms with van der Waals surface area (Å²) in [6.45, 7) is -0.564. The highest BCUT2D eigenvalue weighted by Crippen LogP contribution is 2.23. The van der Waals surface area contributed by atoms with Crippen molar-refractivity contribution in [3.63, 3.8) is 0 Å². The molecule has 2 rings (SSSR count). The molecule has 23 heavy (non-hydrogen) atoms. The first-order valence-electron chi connectivity index (χ1n) is 6.52. The highest BCUT2D eigenvalue weighted by Gasteiger charge is 2.18. The van der Waals surface area contributed by atoms with Gasteiger partial charge in [-0.05, 0) is 18.2 Å². The molecule has 0 spiro atoms. The number of rotatable bonds is 6. The number of halogens is 2. The lowest BCUT2D eigenvalue weighted by atomic mass is 10.2. The highest BCUT2D eigenvalue weighted by molar-refractivity contribution is 6.30. The smallest absolute Gasteiger partial charge is 0.330 e. The monoisotopic (exact) mass is 344 g/mol. The van der Waals surface area contributed by atoms with Crippen molar-refractivity contribution >= 4 is 11.6 Å². The summed E-state index contributed by atoms with van der Waals surface area (Å²) in [5.74, 6) is -0.811. The molecule has 1 aromatic heterocycles. The summed E-state index contributed by atoms with van der Waals surface area (Å²) < 4.78 is 24.4. The van der Waals surface area contributed by atoms with Crippen molar-refractivity contribution in [2.75, 3.05) is 13.7 Å². The number of nitrogens with one attached hydrogen (secondary N) is 1. The fourth-order valence-corrected chi connectivity index (χ4v) is 2.14. The number of ether oxygens (including phenoxy) is 2. The fraction of sp³-hybridized carbons (Fsp3) is 0.286. The van der Waals surface area contributed by atoms with E-state index in [-0.39, 0.29) is 13.2 Å². The van der Waals surface area contributed by atoms with Crippen LogP contribution in [-0.4, -0.2) is 28.4 Å². The number of hydrogen-bond donors (Lipinski definition) is 2. The zero-order chi connectivity index (χ0) is 17.0. The van der Waals surface area contributed by atoms with Gasteiger partial charge in [0.1, 0.15) is 12.4 Å². The van der Waals surface area contributed by atoms with Crippen LogP contribution < -0.4 is 16.0 Å². The molecule has 1 atom stereocenters. The fourth-order valence-electron chi connectivity index (χ4n) is 1.95. The van der Waals surface area contributed by atoms with Gasteiger partial charge < -0.3 is 19.6 Å². The average molecular weight is 345 g/mol. The molecule has 2 N–H and O–H groups in total. The summed E-state index contributed by atoms with van der Waals surface area (Å²) in [4.78, 5) is 25.6. The minimum Gasteiger partial charge on any atom is -0.488 e. The predicted molar refractivity (Wildman–Crippen MR) is 80.2 cm³/mol. The number of aliphatic hydroxyl groups is 1. The molecule has 1 heterocycles. The van der Waals surface area contributed by atoms with Crippen LogP contribution >= 0.6 is 11.6 Å². The molecule has 0 aliphatic carbocycles. The van der Waals surface area contributed by atoms with E-state index in [4.69, 9.17) is 21.1 Å². The molecule has 9 heteroatoms. The van der Waals surface area contributed by atoms with Crippen LogP contribution in [0.2, 0.25) is 5.02 Å². The van der Waals surface area contributed by atoms with Gasteiger partial charge in [-0.1, -0.05) is 11.6 Å². The Morgan fingerprint density at radius 1 is 1.43 bits per heavy atom. The largest absolute Gasteiger partial charge is 0.488 e. The second-order valence-electron chi connectivity index (χ2n) is 4.53. The number of hydrogen-bond acceptors (Lipinski definition) is 5. The van der Waals surface area contributed by atoms with E-state index in [0.29, 0.717) is 27.1 Å². The molecule has 0 fully saturated rings. The number of benzene rings is 1. The summed E-state index contributed by atoms with van der Waals surface area (Å²) in [5, 5.41) is 9.70. The third-order valence-electron chi connectivity index (χ3n) is 3.10. The van der Waals surface area contributed by atoms with Crippen LogP contribution in [-0.2, 0) is 11.3 Å². The van der Waals surface area contributed by atoms with Gasteiger partial charge in [-0.3, -0.25) is 4.79 Å². The predicted octanol–water partition coefficient (Wildman–Crippen LogP) is 1.05. The van der Waals surface area contributed by atoms with Crippen LogP contribution in [0.4, 0.5) is 4.39 Å². The van der Waals surface area contributed by atoms with Crippen molar-refractivity contribution in [2.45, 2.75) is 12.8 Å². The van der Waals surface area contributed by atoms with Gasteiger partial charge >= 0.3 is 5.69 Å². The van der Waals surface area contributed by atoms with Gasteiger partial charge in [0.05, 0.1) is 6.61 Å². The van der Waals surface area contributed by atoms with E-state index in [2.05, 4.69) is 4.98 Å². The number of nitrogens with zero attached hydrogens (tertiary/aromatic N) is 1. The molecule has 0 radical (unpaired) electrons. The van der Waals surface area contributed by atoms with Crippen LogP contribution in [0.5, 0.6) is 5.75 Å². The maximum Gasteiger partial charge on any atom is 0.330 e. The third kappa shape index (κ3) is 3.79. The topological polar surface area (TPSA) is 93.5 Å². The molecule has 7 nitrogen and oxygen atoms in total. The average Bonchev–Trinajstić information content (AvgIpc) is 2.55. The van der Waals surface area contributed by atoms with Crippen molar-refractivity contribution in [2.24, 2.45) is 0 Å². The zero-order valence-corrected chi connectivity index (χ0v) is 12.8. The Balaban J connectivity index is 2.27. The summed E-state index contributed by atoms with van der Waals surface area (Å²) in [6.07, 6.45) is -0.471. The van der Waals surface area contributed by atoms with Crippen LogP contribution in [0.15, 0.2) is 34.0 Å². The number of H-pyrrole nitrogens is 1. The van der Waals surface area contributed by atoms with Crippen molar-refractivity contribution in [1.82, 2.24) is 9.55 Å². The lowest BCUT2D eigenvalue weighted by Gasteiger charge is -2.18. The molecule has 0 aliphatic heterocycles. The zero-order valence-electron chi connectivity index (χ0n) is 12.1. The van der Waals surface area contributed by atoms with Gasteiger partial charge in [0, 0.05) is 23.9 Å². The molecule has 0 aliphatic rings. The summed E-state index contributed by atoms with van der Waals surface area (Å²) in [6, 6.07) is 4.60. The molecule has 0 bridgehead atoms. The number of aromatic amines is 1. The van der Waals surface area contributed by atoms with Gasteiger partial charge in [-0.2, -0.15) is 4.39 Å². The standard InChI is InChI=1S/C14H14ClFN2O5/c1-22-12(18-13(20)10(16)5-17-14(18)21)7-23-11-3-2-9(15)4-8(11)6-19/h2-5,12,19H,6-7H2,1H3,(H,17,21). The second-order valence-corrected chi connectivity index (χ2v) is 4.96. The van der Waals surface area contributed by atoms with Crippen molar-refractivity contribution in [1.29, 1.82) is 0 Å². The molecule has 1 aromatic carbocycles. The van der Waals surface area contributed by atoms with Gasteiger partial charge in [0.25, 0.3) is 5.56 Å². The summed E-state index contributed by atoms with van der Waals surface area (Å²) in [7, 11) is 1.25. The van der Waals surface area contributed by atoms with Crippen molar-refractivity contribution in [3.8, 4) is 5.75 Å². The van der Waals surface area contributed by atoms with E-state index in [1.165, 1.54) is 19.2 Å². The van der Waals surface area contributed by atoms with Gasteiger partial charge in [0.15, 0.2) is 6.23 Å². The third-order valence-corrected chi connectivity index (χ3v) is 3.33. The molecule has 0 amide bonds. The van der Waals surface area contributed by atoms with Gasteiger partial charge in [-0.15, -0.1) is 0 Å². The Kier molecular flexibility index (Phi) is 5.54. The van der Waals surface area contributed by atoms with Crippen LogP contribution in [0.3, 0.4) is 0 Å². The van der Waals surface area contributed by atoms with Gasteiger partial charge in [0.2, 0.25) is 5.82 Å². The van der Waals surface area contributed by atoms with E-state index in [9.17, 15) is 19.1 Å². The maximum absolute atomic E-state index is 13.3. The SMILES string of the molecule is COC(COc1ccc(Cl)cc1CO)n1c(=O)[nH]cc(F)c1=O. The minimum absolute atomic E-state index is 0.252. The number of aromatic nitrogens is 2. The molecular weight excluding hydrogens is 331 g/mol. The summed E-state index contributed by atoms with van der Waals surface area (Å²) in [5.41, 5.74) is -1.53. The van der Waals surface area contributed by atoms with E-state index >= 15 is 0 Å². The van der Waals surface area contributed by atoms with E-state index in [1.807, 2.05) is 0 Å². The first kappa shape index (κ1) is 17.2. The second kappa shape index (κ2) is 7.40. The molecular formula is C14H14ClFN2O5. The maximum atomic E-state index is 13.3. The molecule has 2 aromatic rings. The first-order chi connectivity index (χ1) is 11.0. The van der Waals surface area contributed by atoms with E-state index < -0.39 is 23.3 Å². The van der Waals surface area contributed by atoms with Crippen molar-refractivity contribution < 1.29 is 19.0 Å². The quantitative estimate of drug-likeness (QED) is 0.817. The van der Waals surface area contributed by atoms with Crippen LogP contribution in [0.25, 0.3) is 0 Å². The molecule has 0 saturated carbocycles. The Bertz CT molecular complexity index is 804. The lowest BCUT2D eigenvalue weighted by Crippen LogP contribution is -2.42. The Hall–Kier alpha value is -2.16. The minimum atomic E-state index is -1.15. The first-order valence-corrected chi connectivity index (χ1v) is 6.90.